The Morgan fingerprint density at radius 2 is 1.93 bits per heavy atom. The van der Waals surface area contributed by atoms with E-state index < -0.39 is 11.9 Å². The summed E-state index contributed by atoms with van der Waals surface area (Å²) in [6.07, 6.45) is 4.57. The fourth-order valence-corrected chi connectivity index (χ4v) is 1.70. The summed E-state index contributed by atoms with van der Waals surface area (Å²) >= 11 is 0. The van der Waals surface area contributed by atoms with Gasteiger partial charge in [-0.2, -0.15) is 0 Å². The molecule has 1 N–H and O–H groups in total. The van der Waals surface area contributed by atoms with E-state index >= 15 is 0 Å². The number of carbonyl (C=O) groups is 2. The Hall–Kier alpha value is -1.32. The minimum Gasteiger partial charge on any atom is -0.478 e. The van der Waals surface area contributed by atoms with Gasteiger partial charge in [0.2, 0.25) is 0 Å². The molecule has 4 heteroatoms. The highest BCUT2D eigenvalue weighted by Crippen LogP contribution is 2.41. The summed E-state index contributed by atoms with van der Waals surface area (Å²) in [5, 5.41) is 8.35. The molecule has 0 atom stereocenters. The zero-order chi connectivity index (χ0) is 11.5. The molecule has 4 nitrogen and oxygen atoms in total. The van der Waals surface area contributed by atoms with Crippen LogP contribution >= 0.6 is 0 Å². The molecule has 0 aromatic carbocycles. The molecule has 1 rings (SSSR count). The zero-order valence-corrected chi connectivity index (χ0v) is 9.03. The quantitative estimate of drug-likeness (QED) is 0.569. The van der Waals surface area contributed by atoms with E-state index in [1.54, 1.807) is 0 Å². The SMILES string of the molecule is CC(C)C1(OC(=O)/C=C/C(=O)O)CCC1. The van der Waals surface area contributed by atoms with Crippen LogP contribution in [0.5, 0.6) is 0 Å². The summed E-state index contributed by atoms with van der Waals surface area (Å²) in [5.74, 6) is -1.43. The van der Waals surface area contributed by atoms with Crippen molar-refractivity contribution in [1.29, 1.82) is 0 Å². The van der Waals surface area contributed by atoms with Gasteiger partial charge in [0, 0.05) is 12.2 Å². The van der Waals surface area contributed by atoms with Crippen LogP contribution in [0.2, 0.25) is 0 Å². The third-order valence-electron chi connectivity index (χ3n) is 2.92. The number of hydrogen-bond donors (Lipinski definition) is 1. The van der Waals surface area contributed by atoms with Crippen LogP contribution in [0.15, 0.2) is 12.2 Å². The summed E-state index contributed by atoms with van der Waals surface area (Å²) < 4.78 is 5.30. The number of carboxylic acid groups (broad SMARTS) is 1. The Bertz CT molecular complexity index is 287. The summed E-state index contributed by atoms with van der Waals surface area (Å²) in [4.78, 5) is 21.5. The minimum absolute atomic E-state index is 0.272. The van der Waals surface area contributed by atoms with Gasteiger partial charge in [0.25, 0.3) is 0 Å². The number of carbonyl (C=O) groups excluding carboxylic acids is 1. The highest BCUT2D eigenvalue weighted by atomic mass is 16.6. The van der Waals surface area contributed by atoms with Gasteiger partial charge < -0.3 is 9.84 Å². The number of aliphatic carboxylic acids is 1. The first-order valence-corrected chi connectivity index (χ1v) is 5.10. The van der Waals surface area contributed by atoms with E-state index in [4.69, 9.17) is 9.84 Å². The Morgan fingerprint density at radius 1 is 1.33 bits per heavy atom. The molecule has 84 valence electrons. The van der Waals surface area contributed by atoms with E-state index in [9.17, 15) is 9.59 Å². The molecule has 1 saturated carbocycles. The van der Waals surface area contributed by atoms with Crippen LogP contribution in [0.4, 0.5) is 0 Å². The van der Waals surface area contributed by atoms with Crippen LogP contribution in [0.1, 0.15) is 33.1 Å². The molecule has 0 unspecified atom stereocenters. The first-order chi connectivity index (χ1) is 6.96. The van der Waals surface area contributed by atoms with E-state index in [1.807, 2.05) is 13.8 Å². The molecule has 0 radical (unpaired) electrons. The lowest BCUT2D eigenvalue weighted by Crippen LogP contribution is -2.46. The van der Waals surface area contributed by atoms with Gasteiger partial charge in [0.15, 0.2) is 0 Å². The van der Waals surface area contributed by atoms with Crippen molar-refractivity contribution in [3.8, 4) is 0 Å². The minimum atomic E-state index is -1.14. The van der Waals surface area contributed by atoms with Crippen molar-refractivity contribution in [1.82, 2.24) is 0 Å². The maximum atomic E-state index is 11.3. The lowest BCUT2D eigenvalue weighted by atomic mass is 9.72. The van der Waals surface area contributed by atoms with Crippen molar-refractivity contribution in [2.75, 3.05) is 0 Å². The van der Waals surface area contributed by atoms with Crippen LogP contribution < -0.4 is 0 Å². The fourth-order valence-electron chi connectivity index (χ4n) is 1.70. The average molecular weight is 212 g/mol. The van der Waals surface area contributed by atoms with Crippen molar-refractivity contribution < 1.29 is 19.4 Å². The van der Waals surface area contributed by atoms with Crippen molar-refractivity contribution in [2.24, 2.45) is 5.92 Å². The molecule has 0 spiro atoms. The average Bonchev–Trinajstić information content (AvgIpc) is 2.07. The molecule has 0 aliphatic heterocycles. The van der Waals surface area contributed by atoms with Gasteiger partial charge >= 0.3 is 11.9 Å². The van der Waals surface area contributed by atoms with E-state index in [0.29, 0.717) is 0 Å². The molecule has 0 aromatic heterocycles. The van der Waals surface area contributed by atoms with Crippen LogP contribution in [0, 0.1) is 5.92 Å². The third-order valence-corrected chi connectivity index (χ3v) is 2.92. The molecule has 1 aliphatic rings. The number of hydrogen-bond acceptors (Lipinski definition) is 3. The highest BCUT2D eigenvalue weighted by Gasteiger charge is 2.43. The smallest absolute Gasteiger partial charge is 0.331 e. The Kier molecular flexibility index (Phi) is 3.50. The number of ether oxygens (including phenoxy) is 1. The molecule has 0 saturated heterocycles. The van der Waals surface area contributed by atoms with Gasteiger partial charge in [-0.15, -0.1) is 0 Å². The summed E-state index contributed by atoms with van der Waals surface area (Å²) in [6, 6.07) is 0. The third kappa shape index (κ3) is 2.81. The van der Waals surface area contributed by atoms with Crippen LogP contribution in [-0.2, 0) is 14.3 Å². The van der Waals surface area contributed by atoms with Gasteiger partial charge in [-0.3, -0.25) is 0 Å². The maximum absolute atomic E-state index is 11.3. The van der Waals surface area contributed by atoms with E-state index in [-0.39, 0.29) is 11.5 Å². The van der Waals surface area contributed by atoms with Crippen molar-refractivity contribution >= 4 is 11.9 Å². The number of esters is 1. The molecule has 0 aromatic rings. The molecule has 0 heterocycles. The molecule has 0 amide bonds. The normalized spacial score (nSPS) is 18.9. The fraction of sp³-hybridized carbons (Fsp3) is 0.636. The summed E-state index contributed by atoms with van der Waals surface area (Å²) in [6.45, 7) is 4.01. The molecular formula is C11H16O4. The topological polar surface area (TPSA) is 63.6 Å². The summed E-state index contributed by atoms with van der Waals surface area (Å²) in [5.41, 5.74) is -0.361. The van der Waals surface area contributed by atoms with E-state index in [1.165, 1.54) is 0 Å². The maximum Gasteiger partial charge on any atom is 0.331 e. The highest BCUT2D eigenvalue weighted by molar-refractivity contribution is 5.90. The second-order valence-electron chi connectivity index (χ2n) is 4.17. The number of rotatable bonds is 4. The lowest BCUT2D eigenvalue weighted by molar-refractivity contribution is -0.171. The second kappa shape index (κ2) is 4.47. The van der Waals surface area contributed by atoms with Crippen LogP contribution in [0.25, 0.3) is 0 Å². The van der Waals surface area contributed by atoms with E-state index in [0.717, 1.165) is 31.4 Å². The van der Waals surface area contributed by atoms with E-state index in [2.05, 4.69) is 0 Å². The standard InChI is InChI=1S/C11H16O4/c1-8(2)11(6-3-7-11)15-10(14)5-4-9(12)13/h4-5,8H,3,6-7H2,1-2H3,(H,12,13)/b5-4+. The molecular weight excluding hydrogens is 196 g/mol. The monoisotopic (exact) mass is 212 g/mol. The molecule has 0 bridgehead atoms. The summed E-state index contributed by atoms with van der Waals surface area (Å²) in [7, 11) is 0. The first kappa shape index (κ1) is 11.8. The van der Waals surface area contributed by atoms with Gasteiger partial charge in [0.05, 0.1) is 0 Å². The van der Waals surface area contributed by atoms with Crippen molar-refractivity contribution in [2.45, 2.75) is 38.7 Å². The molecule has 1 fully saturated rings. The second-order valence-corrected chi connectivity index (χ2v) is 4.17. The van der Waals surface area contributed by atoms with Crippen LogP contribution in [-0.4, -0.2) is 22.6 Å². The first-order valence-electron chi connectivity index (χ1n) is 5.10. The van der Waals surface area contributed by atoms with Gasteiger partial charge in [-0.25, -0.2) is 9.59 Å². The van der Waals surface area contributed by atoms with Gasteiger partial charge in [0.1, 0.15) is 5.60 Å². The zero-order valence-electron chi connectivity index (χ0n) is 9.03. The molecule has 15 heavy (non-hydrogen) atoms. The largest absolute Gasteiger partial charge is 0.478 e. The Balaban J connectivity index is 2.53. The Labute approximate surface area is 88.9 Å². The van der Waals surface area contributed by atoms with Gasteiger partial charge in [-0.1, -0.05) is 13.8 Å². The van der Waals surface area contributed by atoms with Crippen LogP contribution in [0.3, 0.4) is 0 Å². The Morgan fingerprint density at radius 3 is 2.27 bits per heavy atom. The van der Waals surface area contributed by atoms with Crippen molar-refractivity contribution in [3.05, 3.63) is 12.2 Å². The van der Waals surface area contributed by atoms with Crippen molar-refractivity contribution in [3.63, 3.8) is 0 Å². The predicted molar refractivity (Wildman–Crippen MR) is 54.3 cm³/mol. The molecule has 1 aliphatic carbocycles. The number of carboxylic acids is 1. The van der Waals surface area contributed by atoms with Gasteiger partial charge in [-0.05, 0) is 25.2 Å². The lowest BCUT2D eigenvalue weighted by Gasteiger charge is -2.44. The predicted octanol–water partition coefficient (Wildman–Crippen LogP) is 1.75.